The highest BCUT2D eigenvalue weighted by Gasteiger charge is 2.12. The number of hydrogen-bond acceptors (Lipinski definition) is 2. The van der Waals surface area contributed by atoms with Crippen LogP contribution in [0.4, 0.5) is 4.39 Å². The molecule has 3 N–H and O–H groups in total. The van der Waals surface area contributed by atoms with Crippen LogP contribution in [0.5, 0.6) is 0 Å². The Kier molecular flexibility index (Phi) is 4.52. The predicted molar refractivity (Wildman–Crippen MR) is 60.4 cm³/mol. The minimum atomic E-state index is -0.435. The zero-order chi connectivity index (χ0) is 11.3. The molecule has 3 nitrogen and oxygen atoms in total. The van der Waals surface area contributed by atoms with Crippen molar-refractivity contribution in [3.8, 4) is 0 Å². The molecule has 0 atom stereocenters. The van der Waals surface area contributed by atoms with Crippen molar-refractivity contribution >= 4 is 17.4 Å². The summed E-state index contributed by atoms with van der Waals surface area (Å²) < 4.78 is 13.5. The van der Waals surface area contributed by atoms with E-state index in [1.807, 2.05) is 6.92 Å². The monoisotopic (exact) mass is 229 g/mol. The van der Waals surface area contributed by atoms with Crippen LogP contribution in [-0.4, -0.2) is 12.4 Å². The molecule has 0 aliphatic heterocycles. The van der Waals surface area contributed by atoms with Gasteiger partial charge in [-0.1, -0.05) is 24.6 Å². The average molecular weight is 230 g/mol. The maximum Gasteiger partial charge on any atom is 0.147 e. The first-order valence-electron chi connectivity index (χ1n) is 4.66. The number of rotatable bonds is 3. The standard InChI is InChI=1S/C10H13ClFN3/c1-2-6-14-10(15-13)9-7(11)4-3-5-8(9)12/h3-5H,2,6,13H2,1H3,(H,14,15). The summed E-state index contributed by atoms with van der Waals surface area (Å²) in [5, 5.41) is 0.294. The van der Waals surface area contributed by atoms with E-state index in [1.54, 1.807) is 6.07 Å². The van der Waals surface area contributed by atoms with E-state index in [9.17, 15) is 4.39 Å². The Morgan fingerprint density at radius 3 is 2.87 bits per heavy atom. The molecule has 0 heterocycles. The normalized spacial score (nSPS) is 11.6. The summed E-state index contributed by atoms with van der Waals surface area (Å²) in [6, 6.07) is 4.45. The lowest BCUT2D eigenvalue weighted by Gasteiger charge is -2.08. The molecule has 0 radical (unpaired) electrons. The smallest absolute Gasteiger partial charge is 0.147 e. The molecule has 0 fully saturated rings. The molecular weight excluding hydrogens is 217 g/mol. The van der Waals surface area contributed by atoms with E-state index in [0.717, 1.165) is 6.42 Å². The van der Waals surface area contributed by atoms with E-state index in [2.05, 4.69) is 10.4 Å². The third-order valence-electron chi connectivity index (χ3n) is 1.83. The fourth-order valence-electron chi connectivity index (χ4n) is 1.14. The average Bonchev–Trinajstić information content (AvgIpc) is 2.22. The fraction of sp³-hybridized carbons (Fsp3) is 0.300. The molecule has 0 bridgehead atoms. The van der Waals surface area contributed by atoms with Gasteiger partial charge in [-0.3, -0.25) is 4.99 Å². The number of hydrogen-bond donors (Lipinski definition) is 2. The van der Waals surface area contributed by atoms with E-state index in [0.29, 0.717) is 11.6 Å². The van der Waals surface area contributed by atoms with Gasteiger partial charge in [0.2, 0.25) is 0 Å². The number of hydrazine groups is 1. The third kappa shape index (κ3) is 2.91. The van der Waals surface area contributed by atoms with Crippen LogP contribution in [0.2, 0.25) is 5.02 Å². The summed E-state index contributed by atoms with van der Waals surface area (Å²) in [5.41, 5.74) is 2.58. The van der Waals surface area contributed by atoms with Crippen molar-refractivity contribution in [3.05, 3.63) is 34.6 Å². The highest BCUT2D eigenvalue weighted by Crippen LogP contribution is 2.18. The van der Waals surface area contributed by atoms with Crippen molar-refractivity contribution in [3.63, 3.8) is 0 Å². The third-order valence-corrected chi connectivity index (χ3v) is 2.14. The van der Waals surface area contributed by atoms with E-state index in [-0.39, 0.29) is 11.4 Å². The van der Waals surface area contributed by atoms with E-state index in [4.69, 9.17) is 17.4 Å². The molecule has 0 amide bonds. The first-order valence-corrected chi connectivity index (χ1v) is 5.04. The molecule has 5 heteroatoms. The van der Waals surface area contributed by atoms with Crippen molar-refractivity contribution in [2.45, 2.75) is 13.3 Å². The van der Waals surface area contributed by atoms with Gasteiger partial charge in [-0.05, 0) is 18.6 Å². The molecule has 0 aromatic heterocycles. The van der Waals surface area contributed by atoms with Crippen molar-refractivity contribution in [1.82, 2.24) is 5.43 Å². The van der Waals surface area contributed by atoms with Gasteiger partial charge in [0.05, 0.1) is 10.6 Å². The highest BCUT2D eigenvalue weighted by atomic mass is 35.5. The van der Waals surface area contributed by atoms with Crippen LogP contribution < -0.4 is 11.3 Å². The Balaban J connectivity index is 3.11. The number of amidine groups is 1. The molecule has 0 saturated heterocycles. The van der Waals surface area contributed by atoms with Crippen LogP contribution in [0.15, 0.2) is 23.2 Å². The largest absolute Gasteiger partial charge is 0.308 e. The maximum absolute atomic E-state index is 13.5. The first kappa shape index (κ1) is 11.9. The molecule has 1 rings (SSSR count). The van der Waals surface area contributed by atoms with Gasteiger partial charge in [-0.15, -0.1) is 0 Å². The Morgan fingerprint density at radius 2 is 2.33 bits per heavy atom. The minimum Gasteiger partial charge on any atom is -0.308 e. The lowest BCUT2D eigenvalue weighted by Crippen LogP contribution is -2.32. The molecule has 0 aliphatic rings. The zero-order valence-electron chi connectivity index (χ0n) is 8.43. The number of halogens is 2. The summed E-state index contributed by atoms with van der Waals surface area (Å²) in [4.78, 5) is 4.11. The maximum atomic E-state index is 13.5. The molecular formula is C10H13ClFN3. The quantitative estimate of drug-likeness (QED) is 0.361. The second-order valence-corrected chi connectivity index (χ2v) is 3.38. The second-order valence-electron chi connectivity index (χ2n) is 2.97. The Labute approximate surface area is 93.1 Å². The van der Waals surface area contributed by atoms with Crippen molar-refractivity contribution in [2.75, 3.05) is 6.54 Å². The molecule has 1 aromatic rings. The van der Waals surface area contributed by atoms with Crippen LogP contribution in [0.3, 0.4) is 0 Å². The van der Waals surface area contributed by atoms with Crippen LogP contribution in [0.25, 0.3) is 0 Å². The van der Waals surface area contributed by atoms with Gasteiger partial charge in [-0.2, -0.15) is 0 Å². The second kappa shape index (κ2) is 5.68. The van der Waals surface area contributed by atoms with Gasteiger partial charge in [0, 0.05) is 6.54 Å². The predicted octanol–water partition coefficient (Wildman–Crippen LogP) is 2.10. The number of nitrogens with two attached hydrogens (primary N) is 1. The highest BCUT2D eigenvalue weighted by molar-refractivity contribution is 6.34. The summed E-state index contributed by atoms with van der Waals surface area (Å²) in [7, 11) is 0. The lowest BCUT2D eigenvalue weighted by atomic mass is 10.2. The van der Waals surface area contributed by atoms with Gasteiger partial charge in [-0.25, -0.2) is 10.2 Å². The summed E-state index contributed by atoms with van der Waals surface area (Å²) in [5.74, 6) is 5.12. The van der Waals surface area contributed by atoms with Crippen LogP contribution in [0.1, 0.15) is 18.9 Å². The molecule has 0 unspecified atom stereocenters. The number of aliphatic imine (C=N–C) groups is 1. The van der Waals surface area contributed by atoms with Gasteiger partial charge < -0.3 is 5.43 Å². The number of benzene rings is 1. The van der Waals surface area contributed by atoms with Gasteiger partial charge in [0.1, 0.15) is 11.7 Å². The molecule has 1 aromatic carbocycles. The Bertz CT molecular complexity index is 345. The van der Waals surface area contributed by atoms with Crippen molar-refractivity contribution in [1.29, 1.82) is 0 Å². The fourth-order valence-corrected chi connectivity index (χ4v) is 1.40. The van der Waals surface area contributed by atoms with Crippen molar-refractivity contribution < 1.29 is 4.39 Å². The number of nitrogens with zero attached hydrogens (tertiary/aromatic N) is 1. The molecule has 15 heavy (non-hydrogen) atoms. The van der Waals surface area contributed by atoms with Crippen LogP contribution >= 0.6 is 11.6 Å². The van der Waals surface area contributed by atoms with Gasteiger partial charge in [0.15, 0.2) is 0 Å². The van der Waals surface area contributed by atoms with Gasteiger partial charge in [0.25, 0.3) is 0 Å². The summed E-state index contributed by atoms with van der Waals surface area (Å²) in [6.45, 7) is 2.55. The van der Waals surface area contributed by atoms with Crippen molar-refractivity contribution in [2.24, 2.45) is 10.8 Å². The molecule has 0 saturated carbocycles. The van der Waals surface area contributed by atoms with E-state index in [1.165, 1.54) is 12.1 Å². The Hall–Kier alpha value is -1.13. The lowest BCUT2D eigenvalue weighted by molar-refractivity contribution is 0.624. The molecule has 82 valence electrons. The Morgan fingerprint density at radius 1 is 1.60 bits per heavy atom. The zero-order valence-corrected chi connectivity index (χ0v) is 9.18. The van der Waals surface area contributed by atoms with Gasteiger partial charge >= 0.3 is 0 Å². The summed E-state index contributed by atoms with van der Waals surface area (Å²) in [6.07, 6.45) is 0.858. The first-order chi connectivity index (χ1) is 7.20. The minimum absolute atomic E-state index is 0.218. The SMILES string of the molecule is CCCN=C(NN)c1c(F)cccc1Cl. The molecule has 0 aliphatic carbocycles. The topological polar surface area (TPSA) is 50.4 Å². The summed E-state index contributed by atoms with van der Waals surface area (Å²) >= 11 is 5.87. The number of nitrogens with one attached hydrogen (secondary N) is 1. The van der Waals surface area contributed by atoms with Crippen LogP contribution in [0, 0.1) is 5.82 Å². The molecule has 0 spiro atoms. The van der Waals surface area contributed by atoms with E-state index < -0.39 is 5.82 Å². The van der Waals surface area contributed by atoms with Crippen LogP contribution in [-0.2, 0) is 0 Å². The van der Waals surface area contributed by atoms with E-state index >= 15 is 0 Å².